The molecule has 2 aromatic rings. The molecule has 196 valence electrons. The Labute approximate surface area is 215 Å². The van der Waals surface area contributed by atoms with Crippen molar-refractivity contribution >= 4 is 11.8 Å². The van der Waals surface area contributed by atoms with Crippen LogP contribution in [0.3, 0.4) is 0 Å². The van der Waals surface area contributed by atoms with Crippen molar-refractivity contribution in [1.29, 1.82) is 0 Å². The summed E-state index contributed by atoms with van der Waals surface area (Å²) in [5.74, 6) is 0.764. The number of aryl methyl sites for hydroxylation is 1. The molecule has 0 aliphatic carbocycles. The van der Waals surface area contributed by atoms with E-state index in [1.807, 2.05) is 67.8 Å². The number of amides is 2. The fourth-order valence-electron chi connectivity index (χ4n) is 4.98. The topological polar surface area (TPSA) is 70.9 Å². The molecule has 0 spiro atoms. The molecular formula is C28H41N5O3. The lowest BCUT2D eigenvalue weighted by molar-refractivity contribution is 0.0524. The quantitative estimate of drug-likeness (QED) is 0.547. The minimum atomic E-state index is -0.278. The maximum atomic E-state index is 13.2. The third-order valence-electron chi connectivity index (χ3n) is 6.98. The highest BCUT2D eigenvalue weighted by Gasteiger charge is 2.30. The number of benzene rings is 1. The van der Waals surface area contributed by atoms with Crippen molar-refractivity contribution in [3.63, 3.8) is 0 Å². The molecule has 1 aromatic carbocycles. The molecule has 0 atom stereocenters. The maximum Gasteiger partial charge on any atom is 0.272 e. The number of piperazine rings is 1. The van der Waals surface area contributed by atoms with Crippen LogP contribution in [-0.2, 0) is 5.54 Å². The summed E-state index contributed by atoms with van der Waals surface area (Å²) in [5.41, 5.74) is 1.81. The van der Waals surface area contributed by atoms with Gasteiger partial charge in [0.2, 0.25) is 0 Å². The highest BCUT2D eigenvalue weighted by molar-refractivity contribution is 5.95. The second-order valence-corrected chi connectivity index (χ2v) is 11.0. The molecule has 0 N–H and O–H groups in total. The zero-order chi connectivity index (χ0) is 25.7. The van der Waals surface area contributed by atoms with Crippen LogP contribution in [0.2, 0.25) is 0 Å². The molecule has 8 nitrogen and oxygen atoms in total. The lowest BCUT2D eigenvalue weighted by atomic mass is 10.1. The Morgan fingerprint density at radius 2 is 1.50 bits per heavy atom. The van der Waals surface area contributed by atoms with E-state index in [1.54, 1.807) is 4.68 Å². The van der Waals surface area contributed by atoms with Gasteiger partial charge in [0.25, 0.3) is 11.8 Å². The summed E-state index contributed by atoms with van der Waals surface area (Å²) in [5, 5.41) is 4.52. The van der Waals surface area contributed by atoms with Crippen molar-refractivity contribution in [2.75, 3.05) is 52.4 Å². The van der Waals surface area contributed by atoms with Crippen molar-refractivity contribution in [2.45, 2.75) is 58.9 Å². The minimum absolute atomic E-state index is 0.00525. The van der Waals surface area contributed by atoms with Crippen LogP contribution in [-0.4, -0.2) is 88.7 Å². The second kappa shape index (κ2) is 11.5. The molecule has 2 amide bonds. The van der Waals surface area contributed by atoms with E-state index in [0.29, 0.717) is 44.0 Å². The molecular weight excluding hydrogens is 454 g/mol. The van der Waals surface area contributed by atoms with E-state index in [0.717, 1.165) is 24.4 Å². The minimum Gasteiger partial charge on any atom is -0.494 e. The van der Waals surface area contributed by atoms with Crippen molar-refractivity contribution in [3.8, 4) is 5.75 Å². The van der Waals surface area contributed by atoms with Crippen LogP contribution in [0.15, 0.2) is 30.3 Å². The normalized spacial score (nSPS) is 17.3. The Morgan fingerprint density at radius 1 is 0.889 bits per heavy atom. The molecule has 3 heterocycles. The van der Waals surface area contributed by atoms with Gasteiger partial charge >= 0.3 is 0 Å². The fraction of sp³-hybridized carbons (Fsp3) is 0.607. The summed E-state index contributed by atoms with van der Waals surface area (Å²) in [7, 11) is 0. The van der Waals surface area contributed by atoms with E-state index < -0.39 is 0 Å². The van der Waals surface area contributed by atoms with E-state index in [1.165, 1.54) is 32.4 Å². The van der Waals surface area contributed by atoms with Gasteiger partial charge in [0.15, 0.2) is 0 Å². The Hall–Kier alpha value is -2.87. The SMILES string of the molecule is Cc1cc(C(=O)N2CCN(C(=O)c3ccc(OCCCN4CCCCC4)cc3)CC2)n(C(C)(C)C)n1. The first-order valence-corrected chi connectivity index (χ1v) is 13.3. The van der Waals surface area contributed by atoms with Gasteiger partial charge < -0.3 is 19.4 Å². The lowest BCUT2D eigenvalue weighted by Crippen LogP contribution is -2.51. The second-order valence-electron chi connectivity index (χ2n) is 11.0. The smallest absolute Gasteiger partial charge is 0.272 e. The molecule has 2 aliphatic rings. The van der Waals surface area contributed by atoms with Gasteiger partial charge in [-0.05, 0) is 90.4 Å². The van der Waals surface area contributed by atoms with Crippen LogP contribution in [0.5, 0.6) is 5.75 Å². The number of hydrogen-bond donors (Lipinski definition) is 0. The number of carbonyl (C=O) groups excluding carboxylic acids is 2. The standard InChI is InChI=1S/C28H41N5O3/c1-22-21-25(33(29-22)28(2,3)4)27(35)32-18-16-31(17-19-32)26(34)23-9-11-24(12-10-23)36-20-8-15-30-13-6-5-7-14-30/h9-12,21H,5-8,13-20H2,1-4H3. The van der Waals surface area contributed by atoms with Crippen molar-refractivity contribution in [1.82, 2.24) is 24.5 Å². The molecule has 1 aromatic heterocycles. The molecule has 0 radical (unpaired) electrons. The average Bonchev–Trinajstić information content (AvgIpc) is 3.29. The van der Waals surface area contributed by atoms with Gasteiger partial charge in [0.1, 0.15) is 11.4 Å². The predicted molar refractivity (Wildman–Crippen MR) is 141 cm³/mol. The average molecular weight is 496 g/mol. The lowest BCUT2D eigenvalue weighted by Gasteiger charge is -2.35. The first kappa shape index (κ1) is 26.2. The van der Waals surface area contributed by atoms with Crippen LogP contribution in [0, 0.1) is 6.92 Å². The van der Waals surface area contributed by atoms with E-state index in [-0.39, 0.29) is 17.4 Å². The highest BCUT2D eigenvalue weighted by Crippen LogP contribution is 2.20. The third-order valence-corrected chi connectivity index (χ3v) is 6.98. The first-order valence-electron chi connectivity index (χ1n) is 13.3. The van der Waals surface area contributed by atoms with Crippen molar-refractivity contribution in [3.05, 3.63) is 47.3 Å². The van der Waals surface area contributed by atoms with E-state index >= 15 is 0 Å². The van der Waals surface area contributed by atoms with Gasteiger partial charge in [-0.25, -0.2) is 0 Å². The number of rotatable bonds is 7. The van der Waals surface area contributed by atoms with Gasteiger partial charge in [0, 0.05) is 38.3 Å². The monoisotopic (exact) mass is 495 g/mol. The summed E-state index contributed by atoms with van der Waals surface area (Å²) in [4.78, 5) is 32.4. The molecule has 2 aliphatic heterocycles. The molecule has 2 saturated heterocycles. The number of hydrogen-bond acceptors (Lipinski definition) is 5. The van der Waals surface area contributed by atoms with Crippen LogP contribution in [0.4, 0.5) is 0 Å². The Kier molecular flexibility index (Phi) is 8.34. The Morgan fingerprint density at radius 3 is 2.11 bits per heavy atom. The Balaban J connectivity index is 1.25. The molecule has 0 bridgehead atoms. The summed E-state index contributed by atoms with van der Waals surface area (Å²) >= 11 is 0. The third kappa shape index (κ3) is 6.46. The first-order chi connectivity index (χ1) is 17.2. The van der Waals surface area contributed by atoms with E-state index in [9.17, 15) is 9.59 Å². The van der Waals surface area contributed by atoms with Gasteiger partial charge in [-0.2, -0.15) is 5.10 Å². The van der Waals surface area contributed by atoms with Crippen LogP contribution >= 0.6 is 0 Å². The summed E-state index contributed by atoms with van der Waals surface area (Å²) < 4.78 is 7.70. The zero-order valence-electron chi connectivity index (χ0n) is 22.3. The van der Waals surface area contributed by atoms with Crippen LogP contribution < -0.4 is 4.74 Å². The van der Waals surface area contributed by atoms with Gasteiger partial charge in [-0.1, -0.05) is 6.42 Å². The largest absolute Gasteiger partial charge is 0.494 e. The van der Waals surface area contributed by atoms with Crippen molar-refractivity contribution in [2.24, 2.45) is 0 Å². The molecule has 0 saturated carbocycles. The van der Waals surface area contributed by atoms with Crippen molar-refractivity contribution < 1.29 is 14.3 Å². The molecule has 0 unspecified atom stereocenters. The van der Waals surface area contributed by atoms with Crippen LogP contribution in [0.1, 0.15) is 73.0 Å². The molecule has 2 fully saturated rings. The highest BCUT2D eigenvalue weighted by atomic mass is 16.5. The van der Waals surface area contributed by atoms with Gasteiger partial charge in [-0.15, -0.1) is 0 Å². The molecule has 8 heteroatoms. The number of piperidine rings is 1. The van der Waals surface area contributed by atoms with Gasteiger partial charge in [-0.3, -0.25) is 14.3 Å². The summed E-state index contributed by atoms with van der Waals surface area (Å²) in [6, 6.07) is 9.28. The number of ether oxygens (including phenoxy) is 1. The van der Waals surface area contributed by atoms with Gasteiger partial charge in [0.05, 0.1) is 17.8 Å². The number of likely N-dealkylation sites (tertiary alicyclic amines) is 1. The fourth-order valence-corrected chi connectivity index (χ4v) is 4.98. The number of nitrogens with zero attached hydrogens (tertiary/aromatic N) is 5. The van der Waals surface area contributed by atoms with Crippen LogP contribution in [0.25, 0.3) is 0 Å². The zero-order valence-corrected chi connectivity index (χ0v) is 22.3. The predicted octanol–water partition coefficient (Wildman–Crippen LogP) is 3.80. The molecule has 36 heavy (non-hydrogen) atoms. The van der Waals surface area contributed by atoms with E-state index in [4.69, 9.17) is 4.74 Å². The summed E-state index contributed by atoms with van der Waals surface area (Å²) in [6.07, 6.45) is 4.99. The number of carbonyl (C=O) groups is 2. The maximum absolute atomic E-state index is 13.2. The summed E-state index contributed by atoms with van der Waals surface area (Å²) in [6.45, 7) is 14.3. The number of aromatic nitrogens is 2. The Bertz CT molecular complexity index is 1030. The molecule has 4 rings (SSSR count). The van der Waals surface area contributed by atoms with E-state index in [2.05, 4.69) is 10.00 Å².